The van der Waals surface area contributed by atoms with Crippen LogP contribution in [0.25, 0.3) is 0 Å². The number of terminal acetylenes is 1. The second-order valence-corrected chi connectivity index (χ2v) is 6.13. The van der Waals surface area contributed by atoms with Crippen LogP contribution in [0.1, 0.15) is 29.4 Å². The van der Waals surface area contributed by atoms with Crippen molar-refractivity contribution in [2.45, 2.75) is 32.2 Å². The predicted molar refractivity (Wildman–Crippen MR) is 91.0 cm³/mol. The molecule has 0 saturated heterocycles. The lowest BCUT2D eigenvalue weighted by Crippen LogP contribution is -2.31. The van der Waals surface area contributed by atoms with Gasteiger partial charge in [-0.1, -0.05) is 30.2 Å². The van der Waals surface area contributed by atoms with Crippen LogP contribution in [0.4, 0.5) is 0 Å². The van der Waals surface area contributed by atoms with Crippen molar-refractivity contribution in [3.05, 3.63) is 46.0 Å². The Balaban J connectivity index is 1.89. The van der Waals surface area contributed by atoms with E-state index in [-0.39, 0.29) is 12.6 Å². The highest BCUT2D eigenvalue weighted by Crippen LogP contribution is 2.35. The molecule has 1 aromatic carbocycles. The fourth-order valence-electron chi connectivity index (χ4n) is 3.22. The van der Waals surface area contributed by atoms with E-state index in [2.05, 4.69) is 40.2 Å². The largest absolute Gasteiger partial charge is 0.388 e. The fraction of sp³-hybridized carbons (Fsp3) is 0.412. The molecule has 1 aromatic heterocycles. The molecule has 1 aliphatic carbocycles. The number of aryl methyl sites for hydroxylation is 1. The summed E-state index contributed by atoms with van der Waals surface area (Å²) >= 11 is 5.41. The van der Waals surface area contributed by atoms with Gasteiger partial charge in [-0.15, -0.1) is 6.42 Å². The van der Waals surface area contributed by atoms with E-state index < -0.39 is 0 Å². The lowest BCUT2D eigenvalue weighted by molar-refractivity contribution is 0.161. The van der Waals surface area contributed by atoms with Crippen molar-refractivity contribution in [2.24, 2.45) is 7.05 Å². The van der Waals surface area contributed by atoms with Crippen LogP contribution >= 0.6 is 12.2 Å². The molecule has 6 heteroatoms. The van der Waals surface area contributed by atoms with Gasteiger partial charge in [0.15, 0.2) is 10.6 Å². The Bertz CT molecular complexity index is 802. The van der Waals surface area contributed by atoms with Gasteiger partial charge in [0.1, 0.15) is 6.61 Å². The first-order chi connectivity index (χ1) is 11.2. The average molecular weight is 328 g/mol. The zero-order chi connectivity index (χ0) is 16.4. The summed E-state index contributed by atoms with van der Waals surface area (Å²) in [6.07, 6.45) is 7.69. The summed E-state index contributed by atoms with van der Waals surface area (Å²) in [4.78, 5) is 2.22. The molecule has 2 aromatic rings. The Kier molecular flexibility index (Phi) is 4.62. The van der Waals surface area contributed by atoms with E-state index in [1.807, 2.05) is 7.05 Å². The second kappa shape index (κ2) is 6.67. The van der Waals surface area contributed by atoms with E-state index in [1.54, 1.807) is 9.25 Å². The highest BCUT2D eigenvalue weighted by Gasteiger charge is 2.27. The molecule has 0 saturated carbocycles. The summed E-state index contributed by atoms with van der Waals surface area (Å²) in [5.74, 6) is 3.30. The van der Waals surface area contributed by atoms with Gasteiger partial charge in [-0.2, -0.15) is 5.10 Å². The van der Waals surface area contributed by atoms with E-state index in [9.17, 15) is 5.11 Å². The lowest BCUT2D eigenvalue weighted by Gasteiger charge is -2.27. The first-order valence-corrected chi connectivity index (χ1v) is 8.05. The van der Waals surface area contributed by atoms with Crippen LogP contribution < -0.4 is 0 Å². The molecule has 1 unspecified atom stereocenters. The number of benzene rings is 1. The van der Waals surface area contributed by atoms with Gasteiger partial charge in [0, 0.05) is 13.1 Å². The van der Waals surface area contributed by atoms with Crippen LogP contribution in [0.15, 0.2) is 24.3 Å². The van der Waals surface area contributed by atoms with Gasteiger partial charge in [0.05, 0.1) is 13.2 Å². The third-order valence-corrected chi connectivity index (χ3v) is 4.91. The van der Waals surface area contributed by atoms with Gasteiger partial charge in [0.2, 0.25) is 0 Å². The van der Waals surface area contributed by atoms with Crippen molar-refractivity contribution < 1.29 is 5.11 Å². The molecule has 3 rings (SSSR count). The maximum absolute atomic E-state index is 9.35. The van der Waals surface area contributed by atoms with Crippen molar-refractivity contribution in [1.29, 1.82) is 0 Å². The van der Waals surface area contributed by atoms with E-state index >= 15 is 0 Å². The van der Waals surface area contributed by atoms with Crippen LogP contribution in [0.2, 0.25) is 0 Å². The normalized spacial score (nSPS) is 16.5. The van der Waals surface area contributed by atoms with E-state index in [0.29, 0.717) is 23.8 Å². The molecule has 1 N–H and O–H groups in total. The third kappa shape index (κ3) is 2.95. The molecular weight excluding hydrogens is 308 g/mol. The number of hydrogen-bond donors (Lipinski definition) is 1. The zero-order valence-electron chi connectivity index (χ0n) is 13.1. The van der Waals surface area contributed by atoms with Gasteiger partial charge in [-0.05, 0) is 36.2 Å². The van der Waals surface area contributed by atoms with Crippen molar-refractivity contribution in [1.82, 2.24) is 19.2 Å². The molecule has 23 heavy (non-hydrogen) atoms. The van der Waals surface area contributed by atoms with E-state index in [4.69, 9.17) is 18.6 Å². The first-order valence-electron chi connectivity index (χ1n) is 7.64. The highest BCUT2D eigenvalue weighted by molar-refractivity contribution is 7.71. The number of aromatic nitrogens is 3. The second-order valence-electron chi connectivity index (χ2n) is 5.76. The Hall–Kier alpha value is -1.94. The lowest BCUT2D eigenvalue weighted by atomic mass is 10.1. The van der Waals surface area contributed by atoms with Crippen LogP contribution in [-0.4, -0.2) is 30.9 Å². The average Bonchev–Trinajstić information content (AvgIpc) is 3.11. The summed E-state index contributed by atoms with van der Waals surface area (Å²) in [5, 5.41) is 13.7. The van der Waals surface area contributed by atoms with Crippen LogP contribution in [0, 0.1) is 17.1 Å². The Labute approximate surface area is 141 Å². The quantitative estimate of drug-likeness (QED) is 0.674. The molecule has 0 fully saturated rings. The molecule has 0 aliphatic heterocycles. The minimum Gasteiger partial charge on any atom is -0.388 e. The van der Waals surface area contributed by atoms with Gasteiger partial charge >= 0.3 is 0 Å². The van der Waals surface area contributed by atoms with Crippen molar-refractivity contribution in [3.8, 4) is 12.3 Å². The molecule has 1 atom stereocenters. The van der Waals surface area contributed by atoms with Gasteiger partial charge in [-0.3, -0.25) is 4.90 Å². The number of rotatable bonds is 5. The molecule has 1 heterocycles. The molecular formula is C17H20N4OS. The first kappa shape index (κ1) is 15.9. The summed E-state index contributed by atoms with van der Waals surface area (Å²) in [5.41, 5.74) is 2.73. The fourth-order valence-corrected chi connectivity index (χ4v) is 3.43. The molecule has 0 amide bonds. The minimum absolute atomic E-state index is 0.130. The maximum Gasteiger partial charge on any atom is 0.198 e. The summed E-state index contributed by atoms with van der Waals surface area (Å²) < 4.78 is 4.05. The van der Waals surface area contributed by atoms with E-state index in [1.165, 1.54) is 11.1 Å². The predicted octanol–water partition coefficient (Wildman–Crippen LogP) is 2.02. The van der Waals surface area contributed by atoms with Crippen LogP contribution in [0.5, 0.6) is 0 Å². The topological polar surface area (TPSA) is 46.2 Å². The number of hydrogen-bond acceptors (Lipinski definition) is 4. The third-order valence-electron chi connectivity index (χ3n) is 4.42. The molecule has 0 spiro atoms. The smallest absolute Gasteiger partial charge is 0.198 e. The molecule has 1 aliphatic rings. The number of aliphatic hydroxyl groups is 1. The summed E-state index contributed by atoms with van der Waals surface area (Å²) in [7, 11) is 1.81. The van der Waals surface area contributed by atoms with Crippen LogP contribution in [-0.2, 0) is 26.7 Å². The van der Waals surface area contributed by atoms with Crippen molar-refractivity contribution in [3.63, 3.8) is 0 Å². The molecule has 0 bridgehead atoms. The van der Waals surface area contributed by atoms with Crippen molar-refractivity contribution >= 4 is 12.2 Å². The Morgan fingerprint density at radius 3 is 2.96 bits per heavy atom. The molecule has 5 nitrogen and oxygen atoms in total. The molecule has 120 valence electrons. The highest BCUT2D eigenvalue weighted by atomic mass is 32.1. The number of fused-ring (bicyclic) bond motifs is 1. The standard InChI is InChI=1S/C17H20N4OS/c1-3-10-20(12-21-17(23)19(2)16(11-22)18-21)15-9-8-13-6-4-5-7-14(13)15/h1,4-7,15,22H,8-12H2,2H3. The summed E-state index contributed by atoms with van der Waals surface area (Å²) in [6, 6.07) is 8.78. The van der Waals surface area contributed by atoms with Gasteiger partial charge < -0.3 is 9.67 Å². The molecule has 0 radical (unpaired) electrons. The van der Waals surface area contributed by atoms with Gasteiger partial charge in [-0.25, -0.2) is 4.68 Å². The van der Waals surface area contributed by atoms with E-state index in [0.717, 1.165) is 12.8 Å². The van der Waals surface area contributed by atoms with Crippen LogP contribution in [0.3, 0.4) is 0 Å². The Morgan fingerprint density at radius 1 is 1.48 bits per heavy atom. The Morgan fingerprint density at radius 2 is 2.26 bits per heavy atom. The monoisotopic (exact) mass is 328 g/mol. The maximum atomic E-state index is 9.35. The zero-order valence-corrected chi connectivity index (χ0v) is 14.0. The summed E-state index contributed by atoms with van der Waals surface area (Å²) in [6.45, 7) is 0.927. The number of aliphatic hydroxyl groups excluding tert-OH is 1. The number of nitrogens with zero attached hydrogens (tertiary/aromatic N) is 4. The minimum atomic E-state index is -0.130. The van der Waals surface area contributed by atoms with Gasteiger partial charge in [0.25, 0.3) is 0 Å². The SMILES string of the molecule is C#CCN(Cn1nc(CO)n(C)c1=S)C1CCc2ccccc21. The van der Waals surface area contributed by atoms with Crippen molar-refractivity contribution in [2.75, 3.05) is 6.54 Å².